The van der Waals surface area contributed by atoms with Crippen molar-refractivity contribution in [3.05, 3.63) is 29.3 Å². The summed E-state index contributed by atoms with van der Waals surface area (Å²) in [5.74, 6) is -0.999. The number of rotatable bonds is 10. The molecular formula is C16H25NO3. The van der Waals surface area contributed by atoms with Crippen molar-refractivity contribution in [2.24, 2.45) is 0 Å². The number of aromatic carboxylic acids is 1. The van der Waals surface area contributed by atoms with Crippen LogP contribution in [0.5, 0.6) is 0 Å². The number of benzene rings is 1. The number of carbonyl (C=O) groups is 1. The molecule has 1 rings (SSSR count). The molecule has 3 N–H and O–H groups in total. The summed E-state index contributed by atoms with van der Waals surface area (Å²) >= 11 is 0. The molecule has 4 heteroatoms. The Labute approximate surface area is 120 Å². The van der Waals surface area contributed by atoms with Gasteiger partial charge in [-0.1, -0.05) is 51.2 Å². The van der Waals surface area contributed by atoms with Gasteiger partial charge in [0.05, 0.1) is 12.2 Å². The van der Waals surface area contributed by atoms with Crippen LogP contribution >= 0.6 is 0 Å². The Bertz CT molecular complexity index is 418. The minimum atomic E-state index is -0.999. The Morgan fingerprint density at radius 2 is 1.90 bits per heavy atom. The second-order valence-electron chi connectivity index (χ2n) is 5.01. The number of carboxylic acids is 1. The fraction of sp³-hybridized carbons (Fsp3) is 0.562. The fourth-order valence-electron chi connectivity index (χ4n) is 2.17. The number of anilines is 1. The van der Waals surface area contributed by atoms with Crippen LogP contribution in [0.3, 0.4) is 0 Å². The van der Waals surface area contributed by atoms with E-state index in [0.717, 1.165) is 6.42 Å². The Morgan fingerprint density at radius 3 is 2.60 bits per heavy atom. The molecule has 0 aliphatic rings. The predicted octanol–water partition coefficient (Wildman–Crippen LogP) is 3.84. The Balaban J connectivity index is 2.29. The van der Waals surface area contributed by atoms with Gasteiger partial charge in [0.15, 0.2) is 0 Å². The van der Waals surface area contributed by atoms with Gasteiger partial charge in [0, 0.05) is 12.3 Å². The van der Waals surface area contributed by atoms with Crippen molar-refractivity contribution in [1.82, 2.24) is 0 Å². The first kappa shape index (κ1) is 16.5. The van der Waals surface area contributed by atoms with Gasteiger partial charge in [-0.2, -0.15) is 0 Å². The summed E-state index contributed by atoms with van der Waals surface area (Å²) in [7, 11) is 0. The zero-order valence-electron chi connectivity index (χ0n) is 12.2. The first-order valence-electron chi connectivity index (χ1n) is 7.35. The van der Waals surface area contributed by atoms with Gasteiger partial charge in [-0.25, -0.2) is 4.79 Å². The predicted molar refractivity (Wildman–Crippen MR) is 80.8 cm³/mol. The molecule has 0 radical (unpaired) electrons. The minimum Gasteiger partial charge on any atom is -0.478 e. The molecule has 0 aliphatic carbocycles. The molecule has 1 aromatic rings. The highest BCUT2D eigenvalue weighted by molar-refractivity contribution is 5.95. The summed E-state index contributed by atoms with van der Waals surface area (Å²) < 4.78 is 5.55. The maximum Gasteiger partial charge on any atom is 0.338 e. The van der Waals surface area contributed by atoms with Crippen LogP contribution in [0, 0.1) is 0 Å². The van der Waals surface area contributed by atoms with E-state index < -0.39 is 5.97 Å². The van der Waals surface area contributed by atoms with E-state index in [2.05, 4.69) is 6.92 Å². The van der Waals surface area contributed by atoms with E-state index in [1.165, 1.54) is 32.1 Å². The third-order valence-corrected chi connectivity index (χ3v) is 3.30. The third kappa shape index (κ3) is 5.61. The average molecular weight is 279 g/mol. The van der Waals surface area contributed by atoms with Crippen molar-refractivity contribution in [2.45, 2.75) is 52.1 Å². The summed E-state index contributed by atoms with van der Waals surface area (Å²) in [6.07, 6.45) is 7.28. The number of hydrogen-bond donors (Lipinski definition) is 2. The molecule has 4 nitrogen and oxygen atoms in total. The van der Waals surface area contributed by atoms with Crippen molar-refractivity contribution < 1.29 is 14.6 Å². The van der Waals surface area contributed by atoms with E-state index in [1.54, 1.807) is 18.2 Å². The van der Waals surface area contributed by atoms with Crippen LogP contribution in [0.25, 0.3) is 0 Å². The van der Waals surface area contributed by atoms with Gasteiger partial charge < -0.3 is 15.6 Å². The van der Waals surface area contributed by atoms with E-state index in [4.69, 9.17) is 15.6 Å². The van der Waals surface area contributed by atoms with E-state index in [0.29, 0.717) is 18.8 Å². The number of unbranched alkanes of at least 4 members (excludes halogenated alkanes) is 5. The quantitative estimate of drug-likeness (QED) is 0.504. The number of carboxylic acid groups (broad SMARTS) is 1. The largest absolute Gasteiger partial charge is 0.478 e. The molecule has 0 saturated heterocycles. The van der Waals surface area contributed by atoms with Crippen LogP contribution < -0.4 is 5.73 Å². The summed E-state index contributed by atoms with van der Waals surface area (Å²) in [6.45, 7) is 3.18. The maximum atomic E-state index is 11.1. The van der Waals surface area contributed by atoms with Gasteiger partial charge in [-0.05, 0) is 18.1 Å². The zero-order chi connectivity index (χ0) is 14.8. The number of ether oxygens (including phenoxy) is 1. The van der Waals surface area contributed by atoms with Gasteiger partial charge in [0.2, 0.25) is 0 Å². The monoisotopic (exact) mass is 279 g/mol. The topological polar surface area (TPSA) is 72.5 Å². The van der Waals surface area contributed by atoms with Gasteiger partial charge in [0.25, 0.3) is 0 Å². The van der Waals surface area contributed by atoms with Crippen LogP contribution in [0.2, 0.25) is 0 Å². The van der Waals surface area contributed by atoms with Crippen LogP contribution in [-0.2, 0) is 11.3 Å². The Kier molecular flexibility index (Phi) is 7.73. The van der Waals surface area contributed by atoms with Crippen molar-refractivity contribution >= 4 is 11.7 Å². The summed E-state index contributed by atoms with van der Waals surface area (Å²) in [4.78, 5) is 11.1. The highest BCUT2D eigenvalue weighted by atomic mass is 16.5. The van der Waals surface area contributed by atoms with Crippen LogP contribution in [0.4, 0.5) is 5.69 Å². The second kappa shape index (κ2) is 9.37. The van der Waals surface area contributed by atoms with Crippen LogP contribution in [0.15, 0.2) is 18.2 Å². The molecule has 0 amide bonds. The lowest BCUT2D eigenvalue weighted by atomic mass is 10.1. The molecule has 20 heavy (non-hydrogen) atoms. The lowest BCUT2D eigenvalue weighted by molar-refractivity contribution is 0.0688. The number of nitrogens with two attached hydrogens (primary N) is 1. The first-order valence-corrected chi connectivity index (χ1v) is 7.35. The lowest BCUT2D eigenvalue weighted by Crippen LogP contribution is -2.08. The highest BCUT2D eigenvalue weighted by Crippen LogP contribution is 2.18. The number of nitrogen functional groups attached to an aromatic ring is 1. The molecule has 0 aliphatic heterocycles. The molecule has 1 aromatic carbocycles. The molecule has 0 fully saturated rings. The smallest absolute Gasteiger partial charge is 0.338 e. The van der Waals surface area contributed by atoms with Crippen molar-refractivity contribution in [1.29, 1.82) is 0 Å². The molecule has 0 unspecified atom stereocenters. The summed E-state index contributed by atoms with van der Waals surface area (Å²) in [6, 6.07) is 5.10. The molecule has 0 bridgehead atoms. The normalized spacial score (nSPS) is 10.7. The standard InChI is InChI=1S/C16H25NO3/c1-2-3-4-5-6-7-11-20-12-13-9-8-10-14(17)15(13)16(18)19/h8-10H,2-7,11-12,17H2,1H3,(H,18,19). The molecule has 0 spiro atoms. The zero-order valence-corrected chi connectivity index (χ0v) is 12.2. The molecule has 112 valence electrons. The average Bonchev–Trinajstić information content (AvgIpc) is 2.41. The van der Waals surface area contributed by atoms with Gasteiger partial charge >= 0.3 is 5.97 Å². The maximum absolute atomic E-state index is 11.1. The lowest BCUT2D eigenvalue weighted by Gasteiger charge is -2.09. The molecule has 0 aromatic heterocycles. The SMILES string of the molecule is CCCCCCCCOCc1cccc(N)c1C(=O)O. The first-order chi connectivity index (χ1) is 9.66. The third-order valence-electron chi connectivity index (χ3n) is 3.30. The van der Waals surface area contributed by atoms with Gasteiger partial charge in [-0.3, -0.25) is 0 Å². The second-order valence-corrected chi connectivity index (χ2v) is 5.01. The Hall–Kier alpha value is -1.55. The van der Waals surface area contributed by atoms with Crippen molar-refractivity contribution in [3.63, 3.8) is 0 Å². The van der Waals surface area contributed by atoms with Crippen LogP contribution in [-0.4, -0.2) is 17.7 Å². The van der Waals surface area contributed by atoms with Gasteiger partial charge in [0.1, 0.15) is 0 Å². The van der Waals surface area contributed by atoms with Gasteiger partial charge in [-0.15, -0.1) is 0 Å². The summed E-state index contributed by atoms with van der Waals surface area (Å²) in [5.41, 5.74) is 6.78. The number of hydrogen-bond acceptors (Lipinski definition) is 3. The Morgan fingerprint density at radius 1 is 1.20 bits per heavy atom. The van der Waals surface area contributed by atoms with Crippen LogP contribution in [0.1, 0.15) is 61.4 Å². The van der Waals surface area contributed by atoms with E-state index in [1.807, 2.05) is 0 Å². The van der Waals surface area contributed by atoms with E-state index in [-0.39, 0.29) is 11.3 Å². The molecule has 0 saturated carbocycles. The van der Waals surface area contributed by atoms with Crippen molar-refractivity contribution in [2.75, 3.05) is 12.3 Å². The molecule has 0 heterocycles. The van der Waals surface area contributed by atoms with E-state index in [9.17, 15) is 4.79 Å². The minimum absolute atomic E-state index is 0.162. The molecule has 0 atom stereocenters. The highest BCUT2D eigenvalue weighted by Gasteiger charge is 2.13. The van der Waals surface area contributed by atoms with Crippen molar-refractivity contribution in [3.8, 4) is 0 Å². The molecular weight excluding hydrogens is 254 g/mol. The summed E-state index contributed by atoms with van der Waals surface area (Å²) in [5, 5.41) is 9.13. The van der Waals surface area contributed by atoms with E-state index >= 15 is 0 Å². The fourth-order valence-corrected chi connectivity index (χ4v) is 2.17.